The molecule has 2 aliphatic heterocycles. The fourth-order valence-electron chi connectivity index (χ4n) is 4.99. The zero-order chi connectivity index (χ0) is 25.5. The van der Waals surface area contributed by atoms with Crippen molar-refractivity contribution in [2.45, 2.75) is 85.6 Å². The van der Waals surface area contributed by atoms with E-state index < -0.39 is 0 Å². The summed E-state index contributed by atoms with van der Waals surface area (Å²) in [5.74, 6) is 1.21. The monoisotopic (exact) mass is 514 g/mol. The van der Waals surface area contributed by atoms with Gasteiger partial charge in [-0.3, -0.25) is 19.1 Å². The molecule has 1 amide bonds. The van der Waals surface area contributed by atoms with Crippen LogP contribution in [0.1, 0.15) is 88.8 Å². The molecule has 0 aromatic carbocycles. The molecule has 0 aliphatic carbocycles. The summed E-state index contributed by atoms with van der Waals surface area (Å²) in [6, 6.07) is 2.13. The zero-order valence-corrected chi connectivity index (χ0v) is 23.2. The van der Waals surface area contributed by atoms with E-state index >= 15 is 0 Å². The van der Waals surface area contributed by atoms with E-state index in [2.05, 4.69) is 24.8 Å². The maximum atomic E-state index is 13.5. The Morgan fingerprint density at radius 3 is 2.46 bits per heavy atom. The van der Waals surface area contributed by atoms with Crippen molar-refractivity contribution in [3.8, 4) is 6.07 Å². The van der Waals surface area contributed by atoms with Gasteiger partial charge in [0, 0.05) is 31.7 Å². The van der Waals surface area contributed by atoms with Gasteiger partial charge in [0.15, 0.2) is 0 Å². The summed E-state index contributed by atoms with van der Waals surface area (Å²) in [5, 5.41) is 9.81. The lowest BCUT2D eigenvalue weighted by atomic mass is 9.99. The number of pyridine rings is 1. The van der Waals surface area contributed by atoms with Gasteiger partial charge in [-0.05, 0) is 56.6 Å². The van der Waals surface area contributed by atoms with Crippen LogP contribution in [-0.4, -0.2) is 39.3 Å². The Labute approximate surface area is 219 Å². The first kappa shape index (κ1) is 27.5. The SMILES string of the molecule is CCCCC(CC)CN1C(=O)C(=Cc2c(C)c(C#N)c(=O)n(CCC)c2N2CCCCC2)SC1=S. The van der Waals surface area contributed by atoms with Crippen molar-refractivity contribution < 1.29 is 4.79 Å². The Kier molecular flexibility index (Phi) is 9.99. The molecule has 0 saturated carbocycles. The largest absolute Gasteiger partial charge is 0.357 e. The van der Waals surface area contributed by atoms with Crippen LogP contribution in [0.15, 0.2) is 9.70 Å². The first-order valence-electron chi connectivity index (χ1n) is 13.1. The molecule has 1 unspecified atom stereocenters. The van der Waals surface area contributed by atoms with Gasteiger partial charge in [0.25, 0.3) is 11.5 Å². The molecule has 0 spiro atoms. The van der Waals surface area contributed by atoms with Crippen LogP contribution in [-0.2, 0) is 11.3 Å². The first-order valence-corrected chi connectivity index (χ1v) is 14.3. The summed E-state index contributed by atoms with van der Waals surface area (Å²) in [5.41, 5.74) is 1.37. The number of thioether (sulfide) groups is 1. The number of piperidine rings is 1. The average molecular weight is 515 g/mol. The van der Waals surface area contributed by atoms with Crippen LogP contribution in [0.25, 0.3) is 6.08 Å². The summed E-state index contributed by atoms with van der Waals surface area (Å²) in [6.45, 7) is 11.1. The molecule has 1 aromatic rings. The van der Waals surface area contributed by atoms with Crippen LogP contribution >= 0.6 is 24.0 Å². The highest BCUT2D eigenvalue weighted by Gasteiger charge is 2.34. The third kappa shape index (κ3) is 6.00. The van der Waals surface area contributed by atoms with Crippen LogP contribution in [0, 0.1) is 24.2 Å². The Morgan fingerprint density at radius 2 is 1.86 bits per heavy atom. The minimum Gasteiger partial charge on any atom is -0.357 e. The van der Waals surface area contributed by atoms with Crippen molar-refractivity contribution >= 4 is 46.1 Å². The maximum Gasteiger partial charge on any atom is 0.270 e. The number of nitrogens with zero attached hydrogens (tertiary/aromatic N) is 4. The number of thiocarbonyl (C=S) groups is 1. The van der Waals surface area contributed by atoms with E-state index in [-0.39, 0.29) is 17.0 Å². The van der Waals surface area contributed by atoms with Gasteiger partial charge < -0.3 is 4.90 Å². The van der Waals surface area contributed by atoms with E-state index in [1.165, 1.54) is 18.2 Å². The number of hydrogen-bond acceptors (Lipinski definition) is 6. The molecule has 3 heterocycles. The summed E-state index contributed by atoms with van der Waals surface area (Å²) >= 11 is 6.96. The Bertz CT molecular complexity index is 1080. The second-order valence-corrected chi connectivity index (χ2v) is 11.2. The number of hydrogen-bond donors (Lipinski definition) is 0. The van der Waals surface area contributed by atoms with Crippen LogP contribution < -0.4 is 10.5 Å². The molecule has 35 heavy (non-hydrogen) atoms. The molecule has 2 fully saturated rings. The van der Waals surface area contributed by atoms with Gasteiger partial charge in [0.1, 0.15) is 21.8 Å². The predicted octanol–water partition coefficient (Wildman–Crippen LogP) is 5.85. The molecular formula is C27H38N4O2S2. The molecule has 0 radical (unpaired) electrons. The van der Waals surface area contributed by atoms with Crippen molar-refractivity contribution in [2.24, 2.45) is 5.92 Å². The van der Waals surface area contributed by atoms with Crippen molar-refractivity contribution in [2.75, 3.05) is 24.5 Å². The van der Waals surface area contributed by atoms with Gasteiger partial charge in [0.05, 0.1) is 4.91 Å². The van der Waals surface area contributed by atoms with Gasteiger partial charge in [0.2, 0.25) is 0 Å². The topological polar surface area (TPSA) is 69.3 Å². The van der Waals surface area contributed by atoms with Crippen molar-refractivity contribution in [3.05, 3.63) is 31.9 Å². The standard InChI is InChI=1S/C27H38N4O2S2/c1-5-8-12-20(7-3)18-31-26(33)23(35-27(31)34)16-21-19(4)22(17-28)25(32)30(13-6-2)24(21)29-14-10-9-11-15-29/h16,20H,5-15,18H2,1-4H3. The van der Waals surface area contributed by atoms with Crippen molar-refractivity contribution in [3.63, 3.8) is 0 Å². The quantitative estimate of drug-likeness (QED) is 0.288. The van der Waals surface area contributed by atoms with E-state index in [1.807, 2.05) is 19.9 Å². The van der Waals surface area contributed by atoms with Crippen LogP contribution in [0.2, 0.25) is 0 Å². The van der Waals surface area contributed by atoms with Crippen molar-refractivity contribution in [1.29, 1.82) is 5.26 Å². The Morgan fingerprint density at radius 1 is 1.14 bits per heavy atom. The van der Waals surface area contributed by atoms with E-state index in [0.29, 0.717) is 33.8 Å². The lowest BCUT2D eigenvalue weighted by molar-refractivity contribution is -0.122. The molecule has 1 aromatic heterocycles. The van der Waals surface area contributed by atoms with E-state index in [4.69, 9.17) is 12.2 Å². The lowest BCUT2D eigenvalue weighted by Gasteiger charge is -2.33. The van der Waals surface area contributed by atoms with Gasteiger partial charge in [-0.2, -0.15) is 5.26 Å². The summed E-state index contributed by atoms with van der Waals surface area (Å²) in [7, 11) is 0. The number of amides is 1. The molecular weight excluding hydrogens is 476 g/mol. The predicted molar refractivity (Wildman–Crippen MR) is 150 cm³/mol. The lowest BCUT2D eigenvalue weighted by Crippen LogP contribution is -2.37. The Balaban J connectivity index is 2.08. The minimum atomic E-state index is -0.237. The highest BCUT2D eigenvalue weighted by atomic mass is 32.2. The average Bonchev–Trinajstić information content (AvgIpc) is 3.12. The number of carbonyl (C=O) groups is 1. The molecule has 6 nitrogen and oxygen atoms in total. The highest BCUT2D eigenvalue weighted by molar-refractivity contribution is 8.26. The Hall–Kier alpha value is -2.11. The van der Waals surface area contributed by atoms with Crippen molar-refractivity contribution in [1.82, 2.24) is 9.47 Å². The fourth-order valence-corrected chi connectivity index (χ4v) is 6.24. The number of carbonyl (C=O) groups excluding carboxylic acids is 1. The first-order chi connectivity index (χ1) is 16.9. The third-order valence-electron chi connectivity index (χ3n) is 7.08. The normalized spacial score (nSPS) is 18.4. The molecule has 0 N–H and O–H groups in total. The molecule has 8 heteroatoms. The summed E-state index contributed by atoms with van der Waals surface area (Å²) in [6.07, 6.45) is 10.4. The van der Waals surface area contributed by atoms with Crippen LogP contribution in [0.3, 0.4) is 0 Å². The molecule has 2 aliphatic rings. The highest BCUT2D eigenvalue weighted by Crippen LogP contribution is 2.37. The van der Waals surface area contributed by atoms with Gasteiger partial charge in [-0.15, -0.1) is 0 Å². The number of aromatic nitrogens is 1. The second-order valence-electron chi connectivity index (χ2n) is 9.56. The number of rotatable bonds is 10. The molecule has 1 atom stereocenters. The number of nitriles is 1. The van der Waals surface area contributed by atoms with E-state index in [0.717, 1.165) is 69.4 Å². The second kappa shape index (κ2) is 12.7. The summed E-state index contributed by atoms with van der Waals surface area (Å²) in [4.78, 5) is 31.3. The molecule has 190 valence electrons. The number of unbranched alkanes of at least 4 members (excludes halogenated alkanes) is 1. The van der Waals surface area contributed by atoms with E-state index in [1.54, 1.807) is 9.47 Å². The fraction of sp³-hybridized carbons (Fsp3) is 0.630. The molecule has 3 rings (SSSR count). The zero-order valence-electron chi connectivity index (χ0n) is 21.6. The summed E-state index contributed by atoms with van der Waals surface area (Å²) < 4.78 is 2.34. The molecule has 2 saturated heterocycles. The minimum absolute atomic E-state index is 0.0642. The van der Waals surface area contributed by atoms with Gasteiger partial charge in [-0.25, -0.2) is 0 Å². The maximum absolute atomic E-state index is 13.5. The van der Waals surface area contributed by atoms with Crippen LogP contribution in [0.5, 0.6) is 0 Å². The van der Waals surface area contributed by atoms with Crippen LogP contribution in [0.4, 0.5) is 5.82 Å². The number of anilines is 1. The van der Waals surface area contributed by atoms with Gasteiger partial charge in [-0.1, -0.05) is 64.0 Å². The smallest absolute Gasteiger partial charge is 0.270 e. The van der Waals surface area contributed by atoms with E-state index in [9.17, 15) is 14.9 Å². The van der Waals surface area contributed by atoms with Gasteiger partial charge >= 0.3 is 0 Å². The third-order valence-corrected chi connectivity index (χ3v) is 8.46. The molecule has 0 bridgehead atoms.